The third kappa shape index (κ3) is 2.52. The number of H-pyrrole nitrogens is 1. The van der Waals surface area contributed by atoms with E-state index in [0.717, 1.165) is 33.9 Å². The van der Waals surface area contributed by atoms with E-state index in [-0.39, 0.29) is 5.56 Å². The summed E-state index contributed by atoms with van der Waals surface area (Å²) < 4.78 is 1.92. The number of pyridine rings is 1. The zero-order valence-corrected chi connectivity index (χ0v) is 12.3. The third-order valence-corrected chi connectivity index (χ3v) is 3.45. The molecule has 3 rings (SSSR count). The van der Waals surface area contributed by atoms with Gasteiger partial charge in [0.15, 0.2) is 0 Å². The molecule has 0 aliphatic rings. The summed E-state index contributed by atoms with van der Waals surface area (Å²) in [7, 11) is 0. The summed E-state index contributed by atoms with van der Waals surface area (Å²) in [6.07, 6.45) is 0. The van der Waals surface area contributed by atoms with E-state index in [1.807, 2.05) is 49.7 Å². The highest BCUT2D eigenvalue weighted by atomic mass is 16.1. The van der Waals surface area contributed by atoms with Crippen molar-refractivity contribution in [2.45, 2.75) is 20.8 Å². The molecule has 0 fully saturated rings. The maximum Gasteiger partial charge on any atom is 0.248 e. The van der Waals surface area contributed by atoms with Crippen LogP contribution in [0.1, 0.15) is 17.0 Å². The highest BCUT2D eigenvalue weighted by Gasteiger charge is 2.11. The van der Waals surface area contributed by atoms with E-state index in [1.54, 1.807) is 6.07 Å². The number of hydrogen-bond acceptors (Lipinski definition) is 2. The third-order valence-electron chi connectivity index (χ3n) is 3.45. The van der Waals surface area contributed by atoms with Crippen molar-refractivity contribution in [1.29, 1.82) is 0 Å². The molecule has 2 aromatic heterocycles. The molecular weight excluding hydrogens is 262 g/mol. The number of rotatable bonds is 2. The predicted molar refractivity (Wildman–Crippen MR) is 83.8 cm³/mol. The number of nitrogens with one attached hydrogen (secondary N) is 1. The fourth-order valence-electron chi connectivity index (χ4n) is 2.52. The molecule has 0 spiro atoms. The predicted octanol–water partition coefficient (Wildman–Crippen LogP) is 3.15. The second-order valence-corrected chi connectivity index (χ2v) is 5.29. The molecule has 0 atom stereocenters. The lowest BCUT2D eigenvalue weighted by Gasteiger charge is -2.12. The first kappa shape index (κ1) is 13.4. The first-order valence-electron chi connectivity index (χ1n) is 6.88. The van der Waals surface area contributed by atoms with Gasteiger partial charge in [0.1, 0.15) is 0 Å². The van der Waals surface area contributed by atoms with Crippen molar-refractivity contribution in [1.82, 2.24) is 14.8 Å². The van der Waals surface area contributed by atoms with Crippen molar-refractivity contribution >= 4 is 0 Å². The Hall–Kier alpha value is -2.62. The molecule has 4 heteroatoms. The van der Waals surface area contributed by atoms with Crippen LogP contribution < -0.4 is 5.56 Å². The molecule has 1 N–H and O–H groups in total. The molecule has 106 valence electrons. The van der Waals surface area contributed by atoms with E-state index in [2.05, 4.69) is 16.1 Å². The number of nitrogens with zero attached hydrogens (tertiary/aromatic N) is 2. The minimum atomic E-state index is -0.104. The quantitative estimate of drug-likeness (QED) is 0.783. The zero-order valence-electron chi connectivity index (χ0n) is 12.3. The Bertz CT molecular complexity index is 858. The van der Waals surface area contributed by atoms with Gasteiger partial charge in [0.2, 0.25) is 5.56 Å². The molecule has 0 aliphatic carbocycles. The van der Waals surface area contributed by atoms with Crippen molar-refractivity contribution in [3.05, 3.63) is 69.8 Å². The van der Waals surface area contributed by atoms with E-state index in [9.17, 15) is 4.79 Å². The Balaban J connectivity index is 2.27. The number of aromatic nitrogens is 3. The molecule has 4 nitrogen and oxygen atoms in total. The Morgan fingerprint density at radius 2 is 1.86 bits per heavy atom. The molecule has 0 saturated heterocycles. The van der Waals surface area contributed by atoms with Gasteiger partial charge in [-0.3, -0.25) is 4.79 Å². The van der Waals surface area contributed by atoms with Crippen LogP contribution in [0.4, 0.5) is 0 Å². The first-order valence-corrected chi connectivity index (χ1v) is 6.88. The van der Waals surface area contributed by atoms with Crippen LogP contribution in [0.25, 0.3) is 16.9 Å². The largest absolute Gasteiger partial charge is 0.322 e. The fourth-order valence-corrected chi connectivity index (χ4v) is 2.52. The average Bonchev–Trinajstić information content (AvgIpc) is 2.77. The Labute approximate surface area is 123 Å². The highest BCUT2D eigenvalue weighted by molar-refractivity contribution is 5.70. The molecule has 0 aliphatic heterocycles. The maximum absolute atomic E-state index is 11.6. The maximum atomic E-state index is 11.6. The second-order valence-electron chi connectivity index (χ2n) is 5.29. The Morgan fingerprint density at radius 3 is 2.52 bits per heavy atom. The minimum Gasteiger partial charge on any atom is -0.322 e. The van der Waals surface area contributed by atoms with E-state index in [4.69, 9.17) is 0 Å². The molecule has 0 radical (unpaired) electrons. The summed E-state index contributed by atoms with van der Waals surface area (Å²) in [6, 6.07) is 13.4. The number of aryl methyl sites for hydroxylation is 3. The van der Waals surface area contributed by atoms with Gasteiger partial charge in [0.25, 0.3) is 0 Å². The minimum absolute atomic E-state index is 0.104. The Kier molecular flexibility index (Phi) is 3.22. The highest BCUT2D eigenvalue weighted by Crippen LogP contribution is 2.26. The van der Waals surface area contributed by atoms with E-state index in [1.165, 1.54) is 6.07 Å². The van der Waals surface area contributed by atoms with Crippen molar-refractivity contribution in [2.24, 2.45) is 0 Å². The fraction of sp³-hybridized carbons (Fsp3) is 0.176. The monoisotopic (exact) mass is 279 g/mol. The molecule has 0 amide bonds. The molecule has 3 aromatic rings. The smallest absolute Gasteiger partial charge is 0.248 e. The van der Waals surface area contributed by atoms with Gasteiger partial charge in [-0.25, -0.2) is 4.68 Å². The second kappa shape index (κ2) is 5.05. The van der Waals surface area contributed by atoms with Crippen molar-refractivity contribution in [3.63, 3.8) is 0 Å². The summed E-state index contributed by atoms with van der Waals surface area (Å²) >= 11 is 0. The summed E-state index contributed by atoms with van der Waals surface area (Å²) in [4.78, 5) is 14.5. The van der Waals surface area contributed by atoms with Crippen LogP contribution in [-0.2, 0) is 0 Å². The van der Waals surface area contributed by atoms with Gasteiger partial charge in [-0.1, -0.05) is 18.2 Å². The van der Waals surface area contributed by atoms with Gasteiger partial charge in [-0.2, -0.15) is 5.10 Å². The molecule has 1 aromatic carbocycles. The van der Waals surface area contributed by atoms with E-state index >= 15 is 0 Å². The standard InChI is InChI=1S/C17H17N3O/c1-11-7-8-14(15-5-4-6-17(21)18-15)16(9-11)20-13(3)10-12(2)19-20/h4-10H,1-3H3,(H,18,21). The zero-order chi connectivity index (χ0) is 15.0. The molecular formula is C17H17N3O. The van der Waals surface area contributed by atoms with Gasteiger partial charge >= 0.3 is 0 Å². The molecule has 2 heterocycles. The number of aromatic amines is 1. The van der Waals surface area contributed by atoms with Crippen LogP contribution in [0, 0.1) is 20.8 Å². The van der Waals surface area contributed by atoms with Gasteiger partial charge in [0, 0.05) is 17.3 Å². The van der Waals surface area contributed by atoms with Crippen LogP contribution >= 0.6 is 0 Å². The van der Waals surface area contributed by atoms with Gasteiger partial charge in [-0.15, -0.1) is 0 Å². The lowest BCUT2D eigenvalue weighted by molar-refractivity contribution is 0.833. The molecule has 21 heavy (non-hydrogen) atoms. The summed E-state index contributed by atoms with van der Waals surface area (Å²) in [6.45, 7) is 6.05. The van der Waals surface area contributed by atoms with Gasteiger partial charge < -0.3 is 4.98 Å². The van der Waals surface area contributed by atoms with Gasteiger partial charge in [0.05, 0.1) is 17.1 Å². The summed E-state index contributed by atoms with van der Waals surface area (Å²) in [5, 5.41) is 4.55. The van der Waals surface area contributed by atoms with Crippen molar-refractivity contribution in [2.75, 3.05) is 0 Å². The number of hydrogen-bond donors (Lipinski definition) is 1. The number of benzene rings is 1. The lowest BCUT2D eigenvalue weighted by atomic mass is 10.1. The first-order chi connectivity index (χ1) is 10.0. The van der Waals surface area contributed by atoms with Crippen LogP contribution in [0.5, 0.6) is 0 Å². The summed E-state index contributed by atoms with van der Waals surface area (Å²) in [5.41, 5.74) is 5.82. The normalized spacial score (nSPS) is 10.8. The SMILES string of the molecule is Cc1ccc(-c2cccc(=O)[nH]2)c(-n2nc(C)cc2C)c1. The van der Waals surface area contributed by atoms with E-state index in [0.29, 0.717) is 0 Å². The lowest BCUT2D eigenvalue weighted by Crippen LogP contribution is -2.07. The van der Waals surface area contributed by atoms with Gasteiger partial charge in [-0.05, 0) is 44.5 Å². The Morgan fingerprint density at radius 1 is 1.05 bits per heavy atom. The molecule has 0 saturated carbocycles. The van der Waals surface area contributed by atoms with Crippen LogP contribution in [0.2, 0.25) is 0 Å². The topological polar surface area (TPSA) is 50.7 Å². The average molecular weight is 279 g/mol. The molecule has 0 bridgehead atoms. The van der Waals surface area contributed by atoms with E-state index < -0.39 is 0 Å². The van der Waals surface area contributed by atoms with Crippen molar-refractivity contribution in [3.8, 4) is 16.9 Å². The molecule has 0 unspecified atom stereocenters. The van der Waals surface area contributed by atoms with Crippen LogP contribution in [0.3, 0.4) is 0 Å². The van der Waals surface area contributed by atoms with Crippen LogP contribution in [-0.4, -0.2) is 14.8 Å². The summed E-state index contributed by atoms with van der Waals surface area (Å²) in [5.74, 6) is 0. The van der Waals surface area contributed by atoms with Crippen molar-refractivity contribution < 1.29 is 0 Å². The van der Waals surface area contributed by atoms with Crippen LogP contribution in [0.15, 0.2) is 47.3 Å².